The van der Waals surface area contributed by atoms with E-state index < -0.39 is 0 Å². The molecule has 0 aliphatic rings. The lowest BCUT2D eigenvalue weighted by Gasteiger charge is -2.19. The van der Waals surface area contributed by atoms with E-state index in [9.17, 15) is 9.90 Å². The lowest BCUT2D eigenvalue weighted by molar-refractivity contribution is 0.0993. The van der Waals surface area contributed by atoms with E-state index in [1.54, 1.807) is 38.2 Å². The number of carbonyl (C=O) groups excluding carboxylic acids is 1. The van der Waals surface area contributed by atoms with Gasteiger partial charge in [0.25, 0.3) is 5.91 Å². The monoisotopic (exact) mass is 334 g/mol. The van der Waals surface area contributed by atoms with E-state index in [4.69, 9.17) is 5.73 Å². The Bertz CT molecular complexity index is 671. The fourth-order valence-corrected chi connectivity index (χ4v) is 2.30. The van der Waals surface area contributed by atoms with E-state index in [1.807, 2.05) is 6.07 Å². The molecule has 5 heteroatoms. The smallest absolute Gasteiger partial charge is 0.258 e. The SMILES string of the molecule is Cc1cc(C(=O)N(C)c2ccc(Br)cc2N)ccc1O. The average molecular weight is 335 g/mol. The predicted octanol–water partition coefficient (Wildman–Crippen LogP) is 3.32. The molecule has 0 spiro atoms. The first-order valence-corrected chi connectivity index (χ1v) is 6.82. The van der Waals surface area contributed by atoms with Crippen LogP contribution in [0.15, 0.2) is 40.9 Å². The van der Waals surface area contributed by atoms with Crippen LogP contribution in [0.2, 0.25) is 0 Å². The summed E-state index contributed by atoms with van der Waals surface area (Å²) in [5.74, 6) is -0.00511. The molecule has 0 atom stereocenters. The molecule has 2 aromatic rings. The number of hydrogen-bond acceptors (Lipinski definition) is 3. The third-order valence-corrected chi connectivity index (χ3v) is 3.59. The molecule has 4 nitrogen and oxygen atoms in total. The molecule has 0 radical (unpaired) electrons. The van der Waals surface area contributed by atoms with Gasteiger partial charge in [0.1, 0.15) is 5.75 Å². The van der Waals surface area contributed by atoms with Gasteiger partial charge in [-0.05, 0) is 48.9 Å². The molecule has 3 N–H and O–H groups in total. The van der Waals surface area contributed by atoms with E-state index in [2.05, 4.69) is 15.9 Å². The number of nitrogens with zero attached hydrogens (tertiary/aromatic N) is 1. The Hall–Kier alpha value is -2.01. The van der Waals surface area contributed by atoms with E-state index in [0.717, 1.165) is 4.47 Å². The lowest BCUT2D eigenvalue weighted by atomic mass is 10.1. The first kappa shape index (κ1) is 14.4. The second-order valence-electron chi connectivity index (χ2n) is 4.57. The Morgan fingerprint density at radius 1 is 1.25 bits per heavy atom. The largest absolute Gasteiger partial charge is 0.508 e. The minimum absolute atomic E-state index is 0.173. The first-order chi connectivity index (χ1) is 9.40. The van der Waals surface area contributed by atoms with Gasteiger partial charge in [0.2, 0.25) is 0 Å². The van der Waals surface area contributed by atoms with Crippen LogP contribution in [0, 0.1) is 6.92 Å². The molecule has 2 aromatic carbocycles. The summed E-state index contributed by atoms with van der Waals surface area (Å²) in [6.45, 7) is 1.75. The average Bonchev–Trinajstić information content (AvgIpc) is 2.40. The lowest BCUT2D eigenvalue weighted by Crippen LogP contribution is -2.27. The number of amides is 1. The van der Waals surface area contributed by atoms with Gasteiger partial charge in [0.05, 0.1) is 11.4 Å². The fraction of sp³-hybridized carbons (Fsp3) is 0.133. The van der Waals surface area contributed by atoms with Crippen molar-refractivity contribution >= 4 is 33.2 Å². The van der Waals surface area contributed by atoms with Gasteiger partial charge in [0, 0.05) is 17.1 Å². The van der Waals surface area contributed by atoms with Crippen LogP contribution in [0.1, 0.15) is 15.9 Å². The Labute approximate surface area is 126 Å². The van der Waals surface area contributed by atoms with E-state index in [-0.39, 0.29) is 11.7 Å². The van der Waals surface area contributed by atoms with Crippen molar-refractivity contribution in [1.29, 1.82) is 0 Å². The number of halogens is 1. The highest BCUT2D eigenvalue weighted by Crippen LogP contribution is 2.27. The quantitative estimate of drug-likeness (QED) is 0.828. The second kappa shape index (κ2) is 5.54. The van der Waals surface area contributed by atoms with E-state index >= 15 is 0 Å². The van der Waals surface area contributed by atoms with Crippen molar-refractivity contribution < 1.29 is 9.90 Å². The zero-order chi connectivity index (χ0) is 14.9. The van der Waals surface area contributed by atoms with Crippen molar-refractivity contribution in [2.24, 2.45) is 0 Å². The topological polar surface area (TPSA) is 66.6 Å². The molecule has 0 saturated heterocycles. The Morgan fingerprint density at radius 2 is 1.95 bits per heavy atom. The number of carbonyl (C=O) groups is 1. The first-order valence-electron chi connectivity index (χ1n) is 6.03. The molecule has 0 bridgehead atoms. The van der Waals surface area contributed by atoms with Crippen LogP contribution in [0.3, 0.4) is 0 Å². The van der Waals surface area contributed by atoms with Crippen molar-refractivity contribution in [3.8, 4) is 5.75 Å². The molecular weight excluding hydrogens is 320 g/mol. The molecule has 2 rings (SSSR count). The number of phenolic OH excluding ortho intramolecular Hbond substituents is 1. The van der Waals surface area contributed by atoms with E-state index in [1.165, 1.54) is 11.0 Å². The zero-order valence-electron chi connectivity index (χ0n) is 11.2. The van der Waals surface area contributed by atoms with Gasteiger partial charge in [-0.25, -0.2) is 0 Å². The highest BCUT2D eigenvalue weighted by Gasteiger charge is 2.16. The summed E-state index contributed by atoms with van der Waals surface area (Å²) in [5.41, 5.74) is 8.25. The van der Waals surface area contributed by atoms with Crippen molar-refractivity contribution in [3.05, 3.63) is 52.0 Å². The molecule has 0 fully saturated rings. The van der Waals surface area contributed by atoms with Gasteiger partial charge in [-0.15, -0.1) is 0 Å². The Kier molecular flexibility index (Phi) is 3.99. The van der Waals surface area contributed by atoms with Gasteiger partial charge in [-0.1, -0.05) is 15.9 Å². The summed E-state index contributed by atoms with van der Waals surface area (Å²) in [7, 11) is 1.67. The minimum atomic E-state index is -0.179. The van der Waals surface area contributed by atoms with Crippen LogP contribution < -0.4 is 10.6 Å². The number of anilines is 2. The summed E-state index contributed by atoms with van der Waals surface area (Å²) in [4.78, 5) is 13.9. The summed E-state index contributed by atoms with van der Waals surface area (Å²) in [6, 6.07) is 10.1. The third kappa shape index (κ3) is 2.77. The van der Waals surface area contributed by atoms with Crippen LogP contribution >= 0.6 is 15.9 Å². The van der Waals surface area contributed by atoms with Crippen molar-refractivity contribution in [1.82, 2.24) is 0 Å². The molecule has 0 aliphatic carbocycles. The minimum Gasteiger partial charge on any atom is -0.508 e. The summed E-state index contributed by atoms with van der Waals surface area (Å²) >= 11 is 3.33. The van der Waals surface area contributed by atoms with Crippen molar-refractivity contribution in [2.45, 2.75) is 6.92 Å². The number of hydrogen-bond donors (Lipinski definition) is 2. The Balaban J connectivity index is 2.34. The van der Waals surface area contributed by atoms with Crippen LogP contribution in [0.25, 0.3) is 0 Å². The maximum absolute atomic E-state index is 12.4. The number of aromatic hydroxyl groups is 1. The maximum atomic E-state index is 12.4. The summed E-state index contributed by atoms with van der Waals surface area (Å²) in [6.07, 6.45) is 0. The van der Waals surface area contributed by atoms with Gasteiger partial charge in [0.15, 0.2) is 0 Å². The molecule has 104 valence electrons. The molecule has 0 aliphatic heterocycles. The maximum Gasteiger partial charge on any atom is 0.258 e. The molecule has 0 aromatic heterocycles. The molecule has 20 heavy (non-hydrogen) atoms. The number of phenols is 1. The van der Waals surface area contributed by atoms with Crippen LogP contribution in [0.5, 0.6) is 5.75 Å². The summed E-state index contributed by atoms with van der Waals surface area (Å²) < 4.78 is 0.861. The molecule has 0 heterocycles. The van der Waals surface area contributed by atoms with Gasteiger partial charge < -0.3 is 15.7 Å². The number of aryl methyl sites for hydroxylation is 1. The summed E-state index contributed by atoms with van der Waals surface area (Å²) in [5, 5.41) is 9.51. The van der Waals surface area contributed by atoms with Gasteiger partial charge >= 0.3 is 0 Å². The number of nitrogen functional groups attached to an aromatic ring is 1. The zero-order valence-corrected chi connectivity index (χ0v) is 12.8. The third-order valence-electron chi connectivity index (χ3n) is 3.10. The highest BCUT2D eigenvalue weighted by molar-refractivity contribution is 9.10. The van der Waals surface area contributed by atoms with Crippen molar-refractivity contribution in [2.75, 3.05) is 17.7 Å². The van der Waals surface area contributed by atoms with Gasteiger partial charge in [-0.3, -0.25) is 4.79 Å². The standard InChI is InChI=1S/C15H15BrN2O2/c1-9-7-10(3-6-14(9)19)15(20)18(2)13-5-4-11(16)8-12(13)17/h3-8,19H,17H2,1-2H3. The van der Waals surface area contributed by atoms with Crippen LogP contribution in [-0.4, -0.2) is 18.1 Å². The number of nitrogens with two attached hydrogens (primary N) is 1. The van der Waals surface area contributed by atoms with Crippen LogP contribution in [0.4, 0.5) is 11.4 Å². The number of benzene rings is 2. The van der Waals surface area contributed by atoms with Crippen LogP contribution in [-0.2, 0) is 0 Å². The van der Waals surface area contributed by atoms with Gasteiger partial charge in [-0.2, -0.15) is 0 Å². The van der Waals surface area contributed by atoms with E-state index in [0.29, 0.717) is 22.5 Å². The fourth-order valence-electron chi connectivity index (χ4n) is 1.92. The number of rotatable bonds is 2. The normalized spacial score (nSPS) is 10.3. The van der Waals surface area contributed by atoms with Crippen molar-refractivity contribution in [3.63, 3.8) is 0 Å². The highest BCUT2D eigenvalue weighted by atomic mass is 79.9. The molecular formula is C15H15BrN2O2. The second-order valence-corrected chi connectivity index (χ2v) is 5.48. The Morgan fingerprint density at radius 3 is 2.55 bits per heavy atom. The predicted molar refractivity (Wildman–Crippen MR) is 84.1 cm³/mol. The molecule has 0 unspecified atom stereocenters. The molecule has 0 saturated carbocycles. The molecule has 1 amide bonds.